The molecule has 1 amide bonds. The van der Waals surface area contributed by atoms with E-state index in [2.05, 4.69) is 0 Å². The maximum Gasteiger partial charge on any atom is 0.352 e. The summed E-state index contributed by atoms with van der Waals surface area (Å²) in [5.41, 5.74) is -2.52. The number of sulfonamides is 1. The number of rotatable bonds is 6. The molecule has 1 aliphatic rings. The minimum absolute atomic E-state index is 0.0295. The largest absolute Gasteiger partial charge is 0.383 e. The van der Waals surface area contributed by atoms with Crippen molar-refractivity contribution in [2.24, 2.45) is 5.92 Å². The fourth-order valence-corrected chi connectivity index (χ4v) is 4.30. The lowest BCUT2D eigenvalue weighted by atomic mass is 9.85. The number of hydrogen-bond donors (Lipinski definition) is 2. The van der Waals surface area contributed by atoms with E-state index in [-0.39, 0.29) is 24.8 Å². The Kier molecular flexibility index (Phi) is 5.91. The van der Waals surface area contributed by atoms with Crippen molar-refractivity contribution in [2.45, 2.75) is 44.6 Å². The van der Waals surface area contributed by atoms with Gasteiger partial charge in [-0.3, -0.25) is 4.79 Å². The molecule has 9 heteroatoms. The first-order valence-electron chi connectivity index (χ1n) is 7.30. The van der Waals surface area contributed by atoms with E-state index in [1.165, 1.54) is 0 Å². The van der Waals surface area contributed by atoms with Gasteiger partial charge in [0.2, 0.25) is 10.0 Å². The zero-order chi connectivity index (χ0) is 17.2. The molecule has 0 aliphatic carbocycles. The second-order valence-electron chi connectivity index (χ2n) is 5.88. The van der Waals surface area contributed by atoms with E-state index in [9.17, 15) is 27.1 Å². The highest BCUT2D eigenvalue weighted by Crippen LogP contribution is 2.38. The number of piperidine rings is 1. The summed E-state index contributed by atoms with van der Waals surface area (Å²) >= 11 is 0. The number of carbonyl (C=O) groups excluding carboxylic acids is 1. The minimum atomic E-state index is -3.95. The summed E-state index contributed by atoms with van der Waals surface area (Å²) in [5.74, 6) is -5.59. The van der Waals surface area contributed by atoms with Gasteiger partial charge in [-0.15, -0.1) is 0 Å². The summed E-state index contributed by atoms with van der Waals surface area (Å²) in [6.07, 6.45) is -0.258. The van der Waals surface area contributed by atoms with Gasteiger partial charge in [0, 0.05) is 20.1 Å². The van der Waals surface area contributed by atoms with Crippen molar-refractivity contribution in [3.05, 3.63) is 0 Å². The van der Waals surface area contributed by atoms with Crippen LogP contribution in [0.3, 0.4) is 0 Å². The summed E-state index contributed by atoms with van der Waals surface area (Å²) in [4.78, 5) is 11.2. The smallest absolute Gasteiger partial charge is 0.352 e. The molecular formula is C13H24F2N2O4S. The van der Waals surface area contributed by atoms with E-state index in [4.69, 9.17) is 0 Å². The second-order valence-corrected chi connectivity index (χ2v) is 7.89. The molecule has 1 aliphatic heterocycles. The number of halogens is 2. The number of carbonyl (C=O) groups is 1. The number of nitrogens with one attached hydrogen (secondary N) is 1. The first-order valence-corrected chi connectivity index (χ1v) is 8.91. The average molecular weight is 342 g/mol. The van der Waals surface area contributed by atoms with Crippen molar-refractivity contribution < 1.29 is 27.1 Å². The van der Waals surface area contributed by atoms with E-state index in [0.29, 0.717) is 6.42 Å². The van der Waals surface area contributed by atoms with Gasteiger partial charge in [-0.05, 0) is 18.8 Å². The van der Waals surface area contributed by atoms with Crippen LogP contribution in [0.1, 0.15) is 33.1 Å². The zero-order valence-electron chi connectivity index (χ0n) is 13.1. The third-order valence-corrected chi connectivity index (χ3v) is 6.37. The molecule has 1 rings (SSSR count). The molecule has 1 fully saturated rings. The summed E-state index contributed by atoms with van der Waals surface area (Å²) < 4.78 is 53.4. The molecule has 0 bridgehead atoms. The monoisotopic (exact) mass is 342 g/mol. The Bertz CT molecular complexity index is 502. The molecule has 1 heterocycles. The Morgan fingerprint density at radius 3 is 2.32 bits per heavy atom. The lowest BCUT2D eigenvalue weighted by molar-refractivity contribution is -0.201. The maximum atomic E-state index is 13.9. The Balaban J connectivity index is 2.80. The number of alkyl halides is 2. The highest BCUT2D eigenvalue weighted by atomic mass is 32.2. The predicted molar refractivity (Wildman–Crippen MR) is 78.0 cm³/mol. The van der Waals surface area contributed by atoms with Crippen molar-refractivity contribution in [1.29, 1.82) is 0 Å². The third kappa shape index (κ3) is 3.75. The molecule has 1 saturated heterocycles. The Morgan fingerprint density at radius 2 is 1.91 bits per heavy atom. The molecule has 2 N–H and O–H groups in total. The van der Waals surface area contributed by atoms with Crippen molar-refractivity contribution in [1.82, 2.24) is 9.62 Å². The fraction of sp³-hybridized carbons (Fsp3) is 0.923. The number of nitrogens with zero attached hydrogens (tertiary/aromatic N) is 1. The standard InChI is InChI=1S/C13H24F2N2O4S/c1-4-10(2)9-22(20,21)17-7-5-12(19,6-8-17)13(14,15)11(18)16-3/h10,19H,4-9H2,1-3H3,(H,16,18). The van der Waals surface area contributed by atoms with Crippen LogP contribution < -0.4 is 5.32 Å². The van der Waals surface area contributed by atoms with E-state index in [1.807, 2.05) is 12.2 Å². The number of hydrogen-bond acceptors (Lipinski definition) is 4. The van der Waals surface area contributed by atoms with Gasteiger partial charge in [0.1, 0.15) is 5.60 Å². The van der Waals surface area contributed by atoms with Gasteiger partial charge in [-0.1, -0.05) is 20.3 Å². The van der Waals surface area contributed by atoms with Crippen LogP contribution in [-0.2, 0) is 14.8 Å². The fourth-order valence-electron chi connectivity index (χ4n) is 2.40. The van der Waals surface area contributed by atoms with Crippen LogP contribution in [0, 0.1) is 5.92 Å². The van der Waals surface area contributed by atoms with Crippen molar-refractivity contribution in [2.75, 3.05) is 25.9 Å². The quantitative estimate of drug-likeness (QED) is 0.739. The van der Waals surface area contributed by atoms with E-state index < -0.39 is 40.3 Å². The van der Waals surface area contributed by atoms with Gasteiger partial charge >= 0.3 is 5.92 Å². The molecule has 6 nitrogen and oxygen atoms in total. The molecule has 0 aromatic rings. The molecule has 22 heavy (non-hydrogen) atoms. The number of amides is 1. The highest BCUT2D eigenvalue weighted by Gasteiger charge is 2.59. The van der Waals surface area contributed by atoms with E-state index >= 15 is 0 Å². The van der Waals surface area contributed by atoms with Crippen molar-refractivity contribution >= 4 is 15.9 Å². The molecule has 1 unspecified atom stereocenters. The predicted octanol–water partition coefficient (Wildman–Crippen LogP) is 0.571. The Morgan fingerprint density at radius 1 is 1.41 bits per heavy atom. The first-order chi connectivity index (χ1) is 10.00. The lowest BCUT2D eigenvalue weighted by Gasteiger charge is -2.41. The van der Waals surface area contributed by atoms with Gasteiger partial charge in [0.15, 0.2) is 0 Å². The van der Waals surface area contributed by atoms with E-state index in [0.717, 1.165) is 11.4 Å². The van der Waals surface area contributed by atoms with Gasteiger partial charge in [-0.25, -0.2) is 12.7 Å². The van der Waals surface area contributed by atoms with Crippen LogP contribution in [0.25, 0.3) is 0 Å². The van der Waals surface area contributed by atoms with Crippen molar-refractivity contribution in [3.63, 3.8) is 0 Å². The first kappa shape index (κ1) is 19.2. The molecule has 0 aromatic carbocycles. The Hall–Kier alpha value is -0.800. The highest BCUT2D eigenvalue weighted by molar-refractivity contribution is 7.89. The van der Waals surface area contributed by atoms with Crippen LogP contribution in [0.5, 0.6) is 0 Å². The molecular weight excluding hydrogens is 318 g/mol. The van der Waals surface area contributed by atoms with Crippen molar-refractivity contribution in [3.8, 4) is 0 Å². The van der Waals surface area contributed by atoms with Gasteiger partial charge < -0.3 is 10.4 Å². The average Bonchev–Trinajstić information content (AvgIpc) is 2.45. The van der Waals surface area contributed by atoms with Crippen LogP contribution in [0.4, 0.5) is 8.78 Å². The molecule has 130 valence electrons. The van der Waals surface area contributed by atoms with Gasteiger partial charge in [-0.2, -0.15) is 8.78 Å². The maximum absolute atomic E-state index is 13.9. The molecule has 1 atom stereocenters. The summed E-state index contributed by atoms with van der Waals surface area (Å²) in [5, 5.41) is 11.9. The molecule has 0 spiro atoms. The van der Waals surface area contributed by atoms with Crippen LogP contribution in [0.2, 0.25) is 0 Å². The SMILES string of the molecule is CCC(C)CS(=O)(=O)N1CCC(O)(C(F)(F)C(=O)NC)CC1. The molecule has 0 radical (unpaired) electrons. The zero-order valence-corrected chi connectivity index (χ0v) is 13.9. The third-order valence-electron chi connectivity index (χ3n) is 4.23. The molecule has 0 saturated carbocycles. The van der Waals surface area contributed by atoms with Gasteiger partial charge in [0.25, 0.3) is 5.91 Å². The number of aliphatic hydroxyl groups is 1. The topological polar surface area (TPSA) is 86.7 Å². The summed E-state index contributed by atoms with van der Waals surface area (Å²) in [6, 6.07) is 0. The summed E-state index contributed by atoms with van der Waals surface area (Å²) in [6.45, 7) is 3.24. The summed E-state index contributed by atoms with van der Waals surface area (Å²) in [7, 11) is -2.48. The van der Waals surface area contributed by atoms with Crippen LogP contribution in [0.15, 0.2) is 0 Å². The molecule has 0 aromatic heterocycles. The van der Waals surface area contributed by atoms with Gasteiger partial charge in [0.05, 0.1) is 5.75 Å². The van der Waals surface area contributed by atoms with Crippen LogP contribution >= 0.6 is 0 Å². The van der Waals surface area contributed by atoms with E-state index in [1.54, 1.807) is 6.92 Å². The van der Waals surface area contributed by atoms with Crippen LogP contribution in [-0.4, -0.2) is 61.2 Å². The Labute approximate surface area is 129 Å². The minimum Gasteiger partial charge on any atom is -0.383 e. The normalized spacial score (nSPS) is 21.4. The second kappa shape index (κ2) is 6.76. The lowest BCUT2D eigenvalue weighted by Crippen LogP contribution is -2.61.